The SMILES string of the molecule is CC1CCN(C(=O)c2ccc(NC(=O)c3ccc(=O)[nH]c3)cc2)CC1. The molecule has 2 heterocycles. The van der Waals surface area contributed by atoms with Gasteiger partial charge in [0.25, 0.3) is 11.8 Å². The van der Waals surface area contributed by atoms with Crippen LogP contribution in [0.3, 0.4) is 0 Å². The molecule has 3 rings (SSSR count). The first-order chi connectivity index (χ1) is 12.0. The Morgan fingerprint density at radius 1 is 1.04 bits per heavy atom. The quantitative estimate of drug-likeness (QED) is 0.901. The molecule has 0 saturated carbocycles. The van der Waals surface area contributed by atoms with Gasteiger partial charge in [0.1, 0.15) is 0 Å². The molecule has 0 unspecified atom stereocenters. The van der Waals surface area contributed by atoms with Gasteiger partial charge in [-0.2, -0.15) is 0 Å². The highest BCUT2D eigenvalue weighted by Crippen LogP contribution is 2.19. The second-order valence-electron chi connectivity index (χ2n) is 6.45. The molecule has 1 aliphatic heterocycles. The fourth-order valence-corrected chi connectivity index (χ4v) is 2.85. The van der Waals surface area contributed by atoms with Gasteiger partial charge in [0.05, 0.1) is 5.56 Å². The highest BCUT2D eigenvalue weighted by atomic mass is 16.2. The van der Waals surface area contributed by atoms with Gasteiger partial charge in [0.15, 0.2) is 0 Å². The molecule has 130 valence electrons. The van der Waals surface area contributed by atoms with Crippen molar-refractivity contribution in [3.05, 3.63) is 64.1 Å². The number of rotatable bonds is 3. The van der Waals surface area contributed by atoms with E-state index >= 15 is 0 Å². The van der Waals surface area contributed by atoms with Gasteiger partial charge in [0, 0.05) is 36.6 Å². The average Bonchev–Trinajstić information content (AvgIpc) is 2.63. The summed E-state index contributed by atoms with van der Waals surface area (Å²) in [6, 6.07) is 9.64. The Bertz CT molecular complexity index is 798. The first kappa shape index (κ1) is 17.0. The molecule has 0 bridgehead atoms. The number of H-pyrrole nitrogens is 1. The van der Waals surface area contributed by atoms with E-state index in [1.54, 1.807) is 24.3 Å². The lowest BCUT2D eigenvalue weighted by atomic mass is 9.98. The van der Waals surface area contributed by atoms with Crippen LogP contribution in [0.25, 0.3) is 0 Å². The predicted octanol–water partition coefficient (Wildman–Crippen LogP) is 2.50. The van der Waals surface area contributed by atoms with Crippen molar-refractivity contribution >= 4 is 17.5 Å². The number of nitrogens with one attached hydrogen (secondary N) is 2. The average molecular weight is 339 g/mol. The summed E-state index contributed by atoms with van der Waals surface area (Å²) in [4.78, 5) is 40.0. The molecule has 2 N–H and O–H groups in total. The smallest absolute Gasteiger partial charge is 0.257 e. The Morgan fingerprint density at radius 2 is 1.68 bits per heavy atom. The van der Waals surface area contributed by atoms with E-state index in [1.807, 2.05) is 4.90 Å². The molecule has 0 atom stereocenters. The van der Waals surface area contributed by atoms with E-state index in [9.17, 15) is 14.4 Å². The standard InChI is InChI=1S/C19H21N3O3/c1-13-8-10-22(11-9-13)19(25)14-2-5-16(6-3-14)21-18(24)15-4-7-17(23)20-12-15/h2-7,12-13H,8-11H2,1H3,(H,20,23)(H,21,24). The highest BCUT2D eigenvalue weighted by molar-refractivity contribution is 6.04. The molecule has 2 amide bonds. The van der Waals surface area contributed by atoms with Crippen molar-refractivity contribution in [2.24, 2.45) is 5.92 Å². The van der Waals surface area contributed by atoms with Crippen LogP contribution in [0.4, 0.5) is 5.69 Å². The Kier molecular flexibility index (Phi) is 4.97. The molecule has 25 heavy (non-hydrogen) atoms. The molecule has 1 aliphatic rings. The number of aromatic amines is 1. The zero-order chi connectivity index (χ0) is 17.8. The van der Waals surface area contributed by atoms with E-state index in [0.29, 0.717) is 22.7 Å². The monoisotopic (exact) mass is 339 g/mol. The van der Waals surface area contributed by atoms with Gasteiger partial charge < -0.3 is 15.2 Å². The summed E-state index contributed by atoms with van der Waals surface area (Å²) < 4.78 is 0. The lowest BCUT2D eigenvalue weighted by Gasteiger charge is -2.30. The minimum Gasteiger partial charge on any atom is -0.339 e. The molecule has 2 aromatic rings. The van der Waals surface area contributed by atoms with Crippen LogP contribution in [0.1, 0.15) is 40.5 Å². The summed E-state index contributed by atoms with van der Waals surface area (Å²) in [5, 5.41) is 2.74. The normalized spacial score (nSPS) is 15.0. The lowest BCUT2D eigenvalue weighted by Crippen LogP contribution is -2.37. The summed E-state index contributed by atoms with van der Waals surface area (Å²) in [5.41, 5.74) is 1.32. The van der Waals surface area contributed by atoms with Crippen molar-refractivity contribution in [3.63, 3.8) is 0 Å². The molecule has 0 spiro atoms. The number of hydrogen-bond donors (Lipinski definition) is 2. The molecule has 1 aromatic carbocycles. The van der Waals surface area contributed by atoms with Crippen molar-refractivity contribution in [2.75, 3.05) is 18.4 Å². The molecule has 1 fully saturated rings. The highest BCUT2D eigenvalue weighted by Gasteiger charge is 2.21. The molecule has 1 aromatic heterocycles. The van der Waals surface area contributed by atoms with Crippen molar-refractivity contribution in [1.82, 2.24) is 9.88 Å². The minimum atomic E-state index is -0.319. The second kappa shape index (κ2) is 7.34. The van der Waals surface area contributed by atoms with Crippen LogP contribution in [0.5, 0.6) is 0 Å². The van der Waals surface area contributed by atoms with E-state index in [2.05, 4.69) is 17.2 Å². The number of anilines is 1. The zero-order valence-electron chi connectivity index (χ0n) is 14.1. The number of hydrogen-bond acceptors (Lipinski definition) is 3. The number of piperidine rings is 1. The maximum atomic E-state index is 12.5. The molecule has 0 radical (unpaired) electrons. The number of amides is 2. The van der Waals surface area contributed by atoms with E-state index in [4.69, 9.17) is 0 Å². The lowest BCUT2D eigenvalue weighted by molar-refractivity contribution is 0.0697. The maximum Gasteiger partial charge on any atom is 0.257 e. The summed E-state index contributed by atoms with van der Waals surface area (Å²) in [7, 11) is 0. The fraction of sp³-hybridized carbons (Fsp3) is 0.316. The van der Waals surface area contributed by atoms with Crippen molar-refractivity contribution in [3.8, 4) is 0 Å². The third-order valence-corrected chi connectivity index (χ3v) is 4.51. The first-order valence-electron chi connectivity index (χ1n) is 8.42. The third kappa shape index (κ3) is 4.15. The predicted molar refractivity (Wildman–Crippen MR) is 95.8 cm³/mol. The Morgan fingerprint density at radius 3 is 2.28 bits per heavy atom. The Hall–Kier alpha value is -2.89. The largest absolute Gasteiger partial charge is 0.339 e. The Labute approximate surface area is 145 Å². The molecule has 6 heteroatoms. The Balaban J connectivity index is 1.63. The number of benzene rings is 1. The summed E-state index contributed by atoms with van der Waals surface area (Å²) >= 11 is 0. The molecule has 6 nitrogen and oxygen atoms in total. The van der Waals surface area contributed by atoms with Crippen LogP contribution in [0.15, 0.2) is 47.4 Å². The van der Waals surface area contributed by atoms with Crippen LogP contribution >= 0.6 is 0 Å². The molecule has 0 aliphatic carbocycles. The van der Waals surface area contributed by atoms with Gasteiger partial charge in [-0.05, 0) is 49.1 Å². The maximum absolute atomic E-state index is 12.5. The number of carbonyl (C=O) groups excluding carboxylic acids is 2. The number of aromatic nitrogens is 1. The van der Waals surface area contributed by atoms with Crippen LogP contribution < -0.4 is 10.9 Å². The van der Waals surface area contributed by atoms with Gasteiger partial charge in [-0.25, -0.2) is 0 Å². The zero-order valence-corrected chi connectivity index (χ0v) is 14.1. The number of nitrogens with zero attached hydrogens (tertiary/aromatic N) is 1. The second-order valence-corrected chi connectivity index (χ2v) is 6.45. The van der Waals surface area contributed by atoms with E-state index in [-0.39, 0.29) is 17.4 Å². The molecule has 1 saturated heterocycles. The van der Waals surface area contributed by atoms with E-state index in [0.717, 1.165) is 25.9 Å². The van der Waals surface area contributed by atoms with Crippen molar-refractivity contribution < 1.29 is 9.59 Å². The van der Waals surface area contributed by atoms with E-state index in [1.165, 1.54) is 18.3 Å². The summed E-state index contributed by atoms with van der Waals surface area (Å²) in [6.45, 7) is 3.80. The minimum absolute atomic E-state index is 0.0328. The van der Waals surface area contributed by atoms with Gasteiger partial charge in [0.2, 0.25) is 5.56 Å². The molecular formula is C19H21N3O3. The van der Waals surface area contributed by atoms with Crippen molar-refractivity contribution in [1.29, 1.82) is 0 Å². The van der Waals surface area contributed by atoms with Crippen molar-refractivity contribution in [2.45, 2.75) is 19.8 Å². The van der Waals surface area contributed by atoms with Gasteiger partial charge in [-0.15, -0.1) is 0 Å². The van der Waals surface area contributed by atoms with Crippen LogP contribution in [0.2, 0.25) is 0 Å². The van der Waals surface area contributed by atoms with Gasteiger partial charge in [-0.1, -0.05) is 6.92 Å². The number of likely N-dealkylation sites (tertiary alicyclic amines) is 1. The van der Waals surface area contributed by atoms with Gasteiger partial charge >= 0.3 is 0 Å². The molecular weight excluding hydrogens is 318 g/mol. The third-order valence-electron chi connectivity index (χ3n) is 4.51. The van der Waals surface area contributed by atoms with Crippen LogP contribution in [-0.4, -0.2) is 34.8 Å². The summed E-state index contributed by atoms with van der Waals surface area (Å²) in [5.74, 6) is 0.389. The number of pyridine rings is 1. The fourth-order valence-electron chi connectivity index (χ4n) is 2.85. The van der Waals surface area contributed by atoms with Gasteiger partial charge in [-0.3, -0.25) is 14.4 Å². The first-order valence-corrected chi connectivity index (χ1v) is 8.42. The van der Waals surface area contributed by atoms with Crippen LogP contribution in [0, 0.1) is 5.92 Å². The summed E-state index contributed by atoms with van der Waals surface area (Å²) in [6.07, 6.45) is 3.45. The van der Waals surface area contributed by atoms with E-state index < -0.39 is 0 Å². The number of carbonyl (C=O) groups is 2. The topological polar surface area (TPSA) is 82.3 Å². The van der Waals surface area contributed by atoms with Crippen LogP contribution in [-0.2, 0) is 0 Å².